The van der Waals surface area contributed by atoms with E-state index in [2.05, 4.69) is 15.6 Å². The van der Waals surface area contributed by atoms with Crippen molar-refractivity contribution in [2.45, 2.75) is 45.8 Å². The van der Waals surface area contributed by atoms with Gasteiger partial charge in [0.25, 0.3) is 0 Å². The Hall–Kier alpha value is -2.64. The summed E-state index contributed by atoms with van der Waals surface area (Å²) < 4.78 is 16.2. The van der Waals surface area contributed by atoms with E-state index in [9.17, 15) is 4.79 Å². The smallest absolute Gasteiger partial charge is 0.409 e. The molecule has 1 atom stereocenters. The zero-order valence-corrected chi connectivity index (χ0v) is 17.9. The lowest BCUT2D eigenvalue weighted by molar-refractivity contribution is 0.0963. The molecular weight excluding hydrogens is 372 g/mol. The number of aliphatic imine (C=N–C) groups is 1. The summed E-state index contributed by atoms with van der Waals surface area (Å²) in [5.74, 6) is 2.36. The zero-order valence-electron chi connectivity index (χ0n) is 17.9. The largest absolute Gasteiger partial charge is 0.497 e. The van der Waals surface area contributed by atoms with Crippen molar-refractivity contribution in [1.82, 2.24) is 15.5 Å². The third-order valence-electron chi connectivity index (χ3n) is 4.61. The summed E-state index contributed by atoms with van der Waals surface area (Å²) in [6.45, 7) is 8.95. The number of amides is 1. The highest BCUT2D eigenvalue weighted by atomic mass is 16.6. The lowest BCUT2D eigenvalue weighted by Gasteiger charge is -2.32. The molecule has 1 fully saturated rings. The zero-order chi connectivity index (χ0) is 21.1. The van der Waals surface area contributed by atoms with E-state index in [1.807, 2.05) is 45.0 Å². The van der Waals surface area contributed by atoms with E-state index in [-0.39, 0.29) is 18.2 Å². The number of rotatable bonds is 8. The van der Waals surface area contributed by atoms with E-state index < -0.39 is 0 Å². The van der Waals surface area contributed by atoms with Crippen LogP contribution >= 0.6 is 0 Å². The quantitative estimate of drug-likeness (QED) is 0.510. The van der Waals surface area contributed by atoms with Gasteiger partial charge in [-0.1, -0.05) is 0 Å². The Morgan fingerprint density at radius 3 is 2.45 bits per heavy atom. The molecule has 0 bridgehead atoms. The molecule has 0 saturated carbocycles. The first-order chi connectivity index (χ1) is 14.0. The number of carbonyl (C=O) groups is 1. The summed E-state index contributed by atoms with van der Waals surface area (Å²) in [7, 11) is 1.64. The maximum absolute atomic E-state index is 11.8. The topological polar surface area (TPSA) is 84.4 Å². The standard InChI is InChI=1S/C21H34N4O4/c1-5-22-20(24-17-11-13-25(14-12-17)21(26)28-6-2)23-15-16(3)29-19-9-7-18(27-4)8-10-19/h7-10,16-17H,5-6,11-15H2,1-4H3,(H2,22,23,24). The van der Waals surface area contributed by atoms with E-state index in [0.717, 1.165) is 36.8 Å². The number of carbonyl (C=O) groups excluding carboxylic acids is 1. The third kappa shape index (κ3) is 7.71. The van der Waals surface area contributed by atoms with Crippen LogP contribution in [0.2, 0.25) is 0 Å². The molecule has 29 heavy (non-hydrogen) atoms. The number of nitrogens with zero attached hydrogens (tertiary/aromatic N) is 2. The monoisotopic (exact) mass is 406 g/mol. The fraction of sp³-hybridized carbons (Fsp3) is 0.619. The summed E-state index contributed by atoms with van der Waals surface area (Å²) in [4.78, 5) is 18.2. The number of ether oxygens (including phenoxy) is 3. The molecule has 8 nitrogen and oxygen atoms in total. The van der Waals surface area contributed by atoms with Crippen LogP contribution in [0, 0.1) is 0 Å². The van der Waals surface area contributed by atoms with Gasteiger partial charge in [-0.25, -0.2) is 9.79 Å². The highest BCUT2D eigenvalue weighted by molar-refractivity contribution is 5.80. The first-order valence-corrected chi connectivity index (χ1v) is 10.3. The van der Waals surface area contributed by atoms with Crippen molar-refractivity contribution in [2.75, 3.05) is 39.9 Å². The minimum absolute atomic E-state index is 0.0653. The van der Waals surface area contributed by atoms with Gasteiger partial charge in [0.2, 0.25) is 0 Å². The molecule has 2 rings (SSSR count). The van der Waals surface area contributed by atoms with Crippen LogP contribution in [0.1, 0.15) is 33.6 Å². The molecule has 0 spiro atoms. The molecule has 0 aliphatic carbocycles. The van der Waals surface area contributed by atoms with Gasteiger partial charge in [-0.3, -0.25) is 0 Å². The molecule has 8 heteroatoms. The molecule has 1 aliphatic rings. The fourth-order valence-electron chi connectivity index (χ4n) is 3.08. The predicted octanol–water partition coefficient (Wildman–Crippen LogP) is 2.64. The Morgan fingerprint density at radius 2 is 1.86 bits per heavy atom. The summed E-state index contributed by atoms with van der Waals surface area (Å²) >= 11 is 0. The Bertz CT molecular complexity index is 643. The first kappa shape index (κ1) is 22.6. The van der Waals surface area contributed by atoms with Crippen LogP contribution in [0.3, 0.4) is 0 Å². The lowest BCUT2D eigenvalue weighted by Crippen LogP contribution is -2.50. The van der Waals surface area contributed by atoms with E-state index in [1.165, 1.54) is 0 Å². The van der Waals surface area contributed by atoms with Crippen LogP contribution in [0.15, 0.2) is 29.3 Å². The molecular formula is C21H34N4O4. The first-order valence-electron chi connectivity index (χ1n) is 10.3. The second-order valence-corrected chi connectivity index (χ2v) is 6.93. The van der Waals surface area contributed by atoms with Gasteiger partial charge >= 0.3 is 6.09 Å². The van der Waals surface area contributed by atoms with Crippen molar-refractivity contribution in [3.63, 3.8) is 0 Å². The molecule has 0 aromatic heterocycles. The minimum atomic E-state index is -0.226. The number of benzene rings is 1. The second-order valence-electron chi connectivity index (χ2n) is 6.93. The van der Waals surface area contributed by atoms with Crippen LogP contribution in [-0.4, -0.2) is 69.0 Å². The van der Waals surface area contributed by atoms with Gasteiger partial charge in [-0.15, -0.1) is 0 Å². The fourth-order valence-corrected chi connectivity index (χ4v) is 3.08. The van der Waals surface area contributed by atoms with Gasteiger partial charge in [0.1, 0.15) is 17.6 Å². The molecule has 1 aromatic rings. The number of piperidine rings is 1. The van der Waals surface area contributed by atoms with Crippen molar-refractivity contribution in [1.29, 1.82) is 0 Å². The van der Waals surface area contributed by atoms with E-state index in [1.54, 1.807) is 12.0 Å². The van der Waals surface area contributed by atoms with Gasteiger partial charge in [0.15, 0.2) is 5.96 Å². The Morgan fingerprint density at radius 1 is 1.21 bits per heavy atom. The molecule has 1 amide bonds. The molecule has 2 N–H and O–H groups in total. The van der Waals surface area contributed by atoms with Gasteiger partial charge in [0.05, 0.1) is 20.3 Å². The van der Waals surface area contributed by atoms with Crippen molar-refractivity contribution in [2.24, 2.45) is 4.99 Å². The maximum atomic E-state index is 11.8. The van der Waals surface area contributed by atoms with Gasteiger partial charge in [-0.2, -0.15) is 0 Å². The summed E-state index contributed by atoms with van der Waals surface area (Å²) in [6, 6.07) is 7.80. The number of methoxy groups -OCH3 is 1. The van der Waals surface area contributed by atoms with Crippen LogP contribution in [-0.2, 0) is 4.74 Å². The number of nitrogens with one attached hydrogen (secondary N) is 2. The second kappa shape index (κ2) is 12.0. The van der Waals surface area contributed by atoms with Gasteiger partial charge in [-0.05, 0) is 57.9 Å². The van der Waals surface area contributed by atoms with Crippen LogP contribution in [0.5, 0.6) is 11.5 Å². The van der Waals surface area contributed by atoms with Crippen molar-refractivity contribution < 1.29 is 19.0 Å². The van der Waals surface area contributed by atoms with Gasteiger partial charge in [0, 0.05) is 25.7 Å². The van der Waals surface area contributed by atoms with Crippen LogP contribution in [0.25, 0.3) is 0 Å². The molecule has 1 aromatic carbocycles. The third-order valence-corrected chi connectivity index (χ3v) is 4.61. The number of guanidine groups is 1. The number of hydrogen-bond donors (Lipinski definition) is 2. The molecule has 1 aliphatic heterocycles. The number of hydrogen-bond acceptors (Lipinski definition) is 5. The average Bonchev–Trinajstić information content (AvgIpc) is 2.73. The Labute approximate surface area is 173 Å². The molecule has 1 unspecified atom stereocenters. The number of likely N-dealkylation sites (tertiary alicyclic amines) is 1. The van der Waals surface area contributed by atoms with E-state index >= 15 is 0 Å². The summed E-state index contributed by atoms with van der Waals surface area (Å²) in [5, 5.41) is 6.75. The van der Waals surface area contributed by atoms with Crippen molar-refractivity contribution >= 4 is 12.1 Å². The highest BCUT2D eigenvalue weighted by Gasteiger charge is 2.24. The Kier molecular flexibility index (Phi) is 9.40. The highest BCUT2D eigenvalue weighted by Crippen LogP contribution is 2.18. The lowest BCUT2D eigenvalue weighted by atomic mass is 10.1. The van der Waals surface area contributed by atoms with Gasteiger partial charge < -0.3 is 29.7 Å². The Balaban J connectivity index is 1.81. The maximum Gasteiger partial charge on any atom is 0.409 e. The summed E-state index contributed by atoms with van der Waals surface area (Å²) in [6.07, 6.45) is 1.43. The normalized spacial score (nSPS) is 16.1. The molecule has 1 saturated heterocycles. The average molecular weight is 407 g/mol. The van der Waals surface area contributed by atoms with E-state index in [0.29, 0.717) is 26.2 Å². The molecule has 1 heterocycles. The predicted molar refractivity (Wildman–Crippen MR) is 114 cm³/mol. The van der Waals surface area contributed by atoms with Crippen molar-refractivity contribution in [3.05, 3.63) is 24.3 Å². The minimum Gasteiger partial charge on any atom is -0.497 e. The van der Waals surface area contributed by atoms with Crippen molar-refractivity contribution in [3.8, 4) is 11.5 Å². The van der Waals surface area contributed by atoms with Crippen LogP contribution in [0.4, 0.5) is 4.79 Å². The summed E-state index contributed by atoms with van der Waals surface area (Å²) in [5.41, 5.74) is 0. The molecule has 162 valence electrons. The van der Waals surface area contributed by atoms with Crippen LogP contribution < -0.4 is 20.1 Å². The van der Waals surface area contributed by atoms with E-state index in [4.69, 9.17) is 14.2 Å². The molecule has 0 radical (unpaired) electrons. The SMILES string of the molecule is CCNC(=NCC(C)Oc1ccc(OC)cc1)NC1CCN(C(=O)OCC)CC1.